The summed E-state index contributed by atoms with van der Waals surface area (Å²) < 4.78 is 0. The fourth-order valence-electron chi connectivity index (χ4n) is 3.21. The van der Waals surface area contributed by atoms with Crippen LogP contribution in [0.3, 0.4) is 0 Å². The van der Waals surface area contributed by atoms with E-state index in [1.807, 2.05) is 0 Å². The fraction of sp³-hybridized carbons (Fsp3) is 0.900. The Bertz CT molecular complexity index is 209. The van der Waals surface area contributed by atoms with Gasteiger partial charge in [-0.1, -0.05) is 6.42 Å². The van der Waals surface area contributed by atoms with Crippen LogP contribution >= 0.6 is 0 Å². The number of rotatable bonds is 0. The molecule has 0 N–H and O–H groups in total. The quantitative estimate of drug-likeness (QED) is 0.516. The highest BCUT2D eigenvalue weighted by molar-refractivity contribution is 5.87. The van der Waals surface area contributed by atoms with Crippen molar-refractivity contribution >= 4 is 5.78 Å². The molecule has 1 heteroatoms. The Balaban J connectivity index is 1.89. The van der Waals surface area contributed by atoms with E-state index in [0.717, 1.165) is 11.8 Å². The molecule has 11 heavy (non-hydrogen) atoms. The predicted molar refractivity (Wildman–Crippen MR) is 42.1 cm³/mol. The van der Waals surface area contributed by atoms with Crippen LogP contribution in [-0.4, -0.2) is 5.78 Å². The summed E-state index contributed by atoms with van der Waals surface area (Å²) in [6.07, 6.45) is 6.51. The Hall–Kier alpha value is -0.330. The first-order valence-corrected chi connectivity index (χ1v) is 4.90. The summed E-state index contributed by atoms with van der Waals surface area (Å²) in [5, 5.41) is 0. The average Bonchev–Trinajstić information content (AvgIpc) is 2.59. The Kier molecular flexibility index (Phi) is 1.06. The van der Waals surface area contributed by atoms with E-state index in [0.29, 0.717) is 17.6 Å². The number of carbonyl (C=O) groups excluding carboxylic acids is 1. The zero-order chi connectivity index (χ0) is 7.42. The van der Waals surface area contributed by atoms with Gasteiger partial charge in [-0.15, -0.1) is 0 Å². The summed E-state index contributed by atoms with van der Waals surface area (Å²) in [6.45, 7) is 0. The molecule has 1 nitrogen and oxygen atoms in total. The van der Waals surface area contributed by atoms with E-state index in [1.54, 1.807) is 0 Å². The largest absolute Gasteiger partial charge is 0.299 e. The molecule has 3 unspecified atom stereocenters. The van der Waals surface area contributed by atoms with Gasteiger partial charge in [0.1, 0.15) is 5.78 Å². The molecule has 0 spiro atoms. The zero-order valence-corrected chi connectivity index (χ0v) is 6.75. The highest BCUT2D eigenvalue weighted by atomic mass is 16.1. The topological polar surface area (TPSA) is 17.1 Å². The lowest BCUT2D eigenvalue weighted by Gasteiger charge is -2.22. The molecule has 0 aliphatic heterocycles. The van der Waals surface area contributed by atoms with Gasteiger partial charge in [-0.3, -0.25) is 4.79 Å². The maximum Gasteiger partial charge on any atom is 0.139 e. The number of Topliss-reactive ketones (excluding diaryl/α,β-unsaturated/α-hetero) is 1. The molecular weight excluding hydrogens is 136 g/mol. The van der Waals surface area contributed by atoms with Crippen LogP contribution in [0.4, 0.5) is 0 Å². The number of carbonyl (C=O) groups is 1. The van der Waals surface area contributed by atoms with Crippen molar-refractivity contribution in [2.24, 2.45) is 23.7 Å². The average molecular weight is 150 g/mol. The van der Waals surface area contributed by atoms with Gasteiger partial charge in [0.15, 0.2) is 0 Å². The summed E-state index contributed by atoms with van der Waals surface area (Å²) in [5.74, 6) is 3.34. The van der Waals surface area contributed by atoms with Crippen molar-refractivity contribution in [2.75, 3.05) is 0 Å². The minimum Gasteiger partial charge on any atom is -0.299 e. The molecule has 0 amide bonds. The number of fused-ring (bicyclic) bond motifs is 2. The molecule has 0 saturated heterocycles. The fourth-order valence-corrected chi connectivity index (χ4v) is 3.21. The molecule has 0 aromatic heterocycles. The van der Waals surface area contributed by atoms with Crippen molar-refractivity contribution in [1.82, 2.24) is 0 Å². The lowest BCUT2D eigenvalue weighted by atomic mass is 9.81. The van der Waals surface area contributed by atoms with Crippen LogP contribution < -0.4 is 0 Å². The van der Waals surface area contributed by atoms with Crippen molar-refractivity contribution in [2.45, 2.75) is 32.1 Å². The normalized spacial score (nSPS) is 53.6. The summed E-state index contributed by atoms with van der Waals surface area (Å²) in [5.41, 5.74) is 0. The predicted octanol–water partition coefficient (Wildman–Crippen LogP) is 2.01. The van der Waals surface area contributed by atoms with Crippen molar-refractivity contribution in [3.05, 3.63) is 0 Å². The van der Waals surface area contributed by atoms with Crippen LogP contribution in [0.15, 0.2) is 0 Å². The van der Waals surface area contributed by atoms with Gasteiger partial charge in [-0.25, -0.2) is 0 Å². The standard InChI is InChI=1S/C10H14O/c11-10-8-3-1-2-6(8)4-7-5-9(7)10/h6-9H,1-5H2/t6?,7?,8?,9-/m0/s1. The van der Waals surface area contributed by atoms with Gasteiger partial charge in [-0.05, 0) is 37.5 Å². The molecule has 0 bridgehead atoms. The second-order valence-electron chi connectivity index (χ2n) is 4.54. The van der Waals surface area contributed by atoms with E-state index < -0.39 is 0 Å². The van der Waals surface area contributed by atoms with E-state index in [2.05, 4.69) is 0 Å². The SMILES string of the molecule is O=C1C2CCCC2CC2C[C@H]12. The van der Waals surface area contributed by atoms with Crippen molar-refractivity contribution in [3.8, 4) is 0 Å². The molecule has 3 aliphatic rings. The van der Waals surface area contributed by atoms with Gasteiger partial charge < -0.3 is 0 Å². The van der Waals surface area contributed by atoms with Crippen LogP contribution in [0.1, 0.15) is 32.1 Å². The number of hydrogen-bond acceptors (Lipinski definition) is 1. The maximum atomic E-state index is 11.6. The summed E-state index contributed by atoms with van der Waals surface area (Å²) in [4.78, 5) is 11.6. The monoisotopic (exact) mass is 150 g/mol. The van der Waals surface area contributed by atoms with E-state index in [4.69, 9.17) is 0 Å². The molecule has 0 heterocycles. The molecule has 4 atom stereocenters. The number of hydrogen-bond donors (Lipinski definition) is 0. The Morgan fingerprint density at radius 2 is 1.91 bits per heavy atom. The highest BCUT2D eigenvalue weighted by Gasteiger charge is 2.53. The lowest BCUT2D eigenvalue weighted by molar-refractivity contribution is -0.127. The maximum absolute atomic E-state index is 11.6. The molecule has 3 fully saturated rings. The van der Waals surface area contributed by atoms with E-state index in [1.165, 1.54) is 32.1 Å². The lowest BCUT2D eigenvalue weighted by Crippen LogP contribution is -2.26. The zero-order valence-electron chi connectivity index (χ0n) is 6.75. The molecule has 0 radical (unpaired) electrons. The Morgan fingerprint density at radius 3 is 2.82 bits per heavy atom. The molecule has 3 aliphatic carbocycles. The molecule has 0 aromatic carbocycles. The van der Waals surface area contributed by atoms with Crippen molar-refractivity contribution < 1.29 is 4.79 Å². The van der Waals surface area contributed by atoms with Crippen LogP contribution in [0.5, 0.6) is 0 Å². The first kappa shape index (κ1) is 6.22. The van der Waals surface area contributed by atoms with Gasteiger partial charge in [-0.2, -0.15) is 0 Å². The molecule has 3 rings (SSSR count). The molecule has 3 saturated carbocycles. The third-order valence-electron chi connectivity index (χ3n) is 3.92. The minimum atomic E-state index is 0.513. The van der Waals surface area contributed by atoms with Gasteiger partial charge in [0.2, 0.25) is 0 Å². The van der Waals surface area contributed by atoms with Gasteiger partial charge >= 0.3 is 0 Å². The van der Waals surface area contributed by atoms with Crippen LogP contribution in [0.2, 0.25) is 0 Å². The second kappa shape index (κ2) is 1.88. The summed E-state index contributed by atoms with van der Waals surface area (Å²) in [7, 11) is 0. The van der Waals surface area contributed by atoms with Gasteiger partial charge in [0.25, 0.3) is 0 Å². The van der Waals surface area contributed by atoms with Crippen LogP contribution in [-0.2, 0) is 4.79 Å². The van der Waals surface area contributed by atoms with Crippen molar-refractivity contribution in [3.63, 3.8) is 0 Å². The van der Waals surface area contributed by atoms with Crippen LogP contribution in [0, 0.1) is 23.7 Å². The smallest absolute Gasteiger partial charge is 0.139 e. The molecular formula is C10H14O. The third-order valence-corrected chi connectivity index (χ3v) is 3.92. The molecule has 60 valence electrons. The van der Waals surface area contributed by atoms with Crippen LogP contribution in [0.25, 0.3) is 0 Å². The van der Waals surface area contributed by atoms with Gasteiger partial charge in [0, 0.05) is 11.8 Å². The highest BCUT2D eigenvalue weighted by Crippen LogP contribution is 2.55. The first-order valence-electron chi connectivity index (χ1n) is 4.90. The summed E-state index contributed by atoms with van der Waals surface area (Å²) in [6, 6.07) is 0. The van der Waals surface area contributed by atoms with E-state index in [9.17, 15) is 4.79 Å². The minimum absolute atomic E-state index is 0.513. The Morgan fingerprint density at radius 1 is 1.00 bits per heavy atom. The third kappa shape index (κ3) is 0.743. The van der Waals surface area contributed by atoms with E-state index >= 15 is 0 Å². The number of ketones is 1. The van der Waals surface area contributed by atoms with Gasteiger partial charge in [0.05, 0.1) is 0 Å². The Labute approximate surface area is 67.2 Å². The summed E-state index contributed by atoms with van der Waals surface area (Å²) >= 11 is 0. The van der Waals surface area contributed by atoms with Crippen molar-refractivity contribution in [1.29, 1.82) is 0 Å². The van der Waals surface area contributed by atoms with E-state index in [-0.39, 0.29) is 0 Å². The first-order chi connectivity index (χ1) is 5.36. The molecule has 0 aromatic rings. The second-order valence-corrected chi connectivity index (χ2v) is 4.54.